The number of ether oxygens (including phenoxy) is 1. The molecule has 0 bridgehead atoms. The molecule has 0 radical (unpaired) electrons. The van der Waals surface area contributed by atoms with Crippen LogP contribution in [0.15, 0.2) is 0 Å². The van der Waals surface area contributed by atoms with E-state index in [1.54, 1.807) is 6.92 Å². The summed E-state index contributed by atoms with van der Waals surface area (Å²) in [6.07, 6.45) is -2.00. The van der Waals surface area contributed by atoms with Gasteiger partial charge < -0.3 is 20.7 Å². The molecule has 4 heteroatoms. The maximum absolute atomic E-state index is 9.16. The van der Waals surface area contributed by atoms with Crippen LogP contribution in [0.2, 0.25) is 0 Å². The molecule has 10 heavy (non-hydrogen) atoms. The largest absolute Gasteiger partial charge is 0.389 e. The van der Waals surface area contributed by atoms with Crippen molar-refractivity contribution in [2.75, 3.05) is 6.61 Å². The van der Waals surface area contributed by atoms with E-state index in [4.69, 9.17) is 20.7 Å². The van der Waals surface area contributed by atoms with Crippen molar-refractivity contribution in [3.8, 4) is 0 Å². The molecule has 1 fully saturated rings. The van der Waals surface area contributed by atoms with E-state index in [9.17, 15) is 0 Å². The monoisotopic (exact) mass is 147 g/mol. The summed E-state index contributed by atoms with van der Waals surface area (Å²) in [5.41, 5.74) is 5.40. The summed E-state index contributed by atoms with van der Waals surface area (Å²) in [4.78, 5) is 0. The van der Waals surface area contributed by atoms with Gasteiger partial charge in [0.2, 0.25) is 0 Å². The third-order valence-corrected chi connectivity index (χ3v) is 1.82. The zero-order chi connectivity index (χ0) is 7.72. The van der Waals surface area contributed by atoms with Gasteiger partial charge in [-0.3, -0.25) is 0 Å². The summed E-state index contributed by atoms with van der Waals surface area (Å²) in [6.45, 7) is 2.03. The fraction of sp³-hybridized carbons (Fsp3) is 1.00. The lowest BCUT2D eigenvalue weighted by molar-refractivity contribution is -0.136. The first-order valence-corrected chi connectivity index (χ1v) is 3.36. The molecule has 0 saturated carbocycles. The van der Waals surface area contributed by atoms with Crippen molar-refractivity contribution in [3.05, 3.63) is 0 Å². The van der Waals surface area contributed by atoms with Gasteiger partial charge in [-0.2, -0.15) is 0 Å². The smallest absolute Gasteiger partial charge is 0.107 e. The molecular weight excluding hydrogens is 134 g/mol. The predicted octanol–water partition coefficient (Wildman–Crippen LogP) is -1.55. The second-order valence-electron chi connectivity index (χ2n) is 2.68. The van der Waals surface area contributed by atoms with E-state index in [-0.39, 0.29) is 6.10 Å². The third-order valence-electron chi connectivity index (χ3n) is 1.82. The van der Waals surface area contributed by atoms with Crippen molar-refractivity contribution in [2.24, 2.45) is 5.73 Å². The molecule has 1 rings (SSSR count). The van der Waals surface area contributed by atoms with Crippen molar-refractivity contribution in [1.82, 2.24) is 0 Å². The molecular formula is C6H13NO3. The standard InChI is InChI=1S/C6H13NO3/c1-3-5(8)6(9)4(7)2-10-3/h3-6,8-9H,2,7H2,1H3/t3-,4-,5+,6-/m1/s1. The maximum Gasteiger partial charge on any atom is 0.107 e. The van der Waals surface area contributed by atoms with Gasteiger partial charge in [-0.15, -0.1) is 0 Å². The number of hydrogen-bond acceptors (Lipinski definition) is 4. The Bertz CT molecular complexity index is 106. The highest BCUT2D eigenvalue weighted by Gasteiger charge is 2.33. The molecule has 0 aromatic rings. The van der Waals surface area contributed by atoms with Gasteiger partial charge in [-0.05, 0) is 6.92 Å². The van der Waals surface area contributed by atoms with Crippen LogP contribution in [0.5, 0.6) is 0 Å². The number of hydrogen-bond donors (Lipinski definition) is 3. The zero-order valence-electron chi connectivity index (χ0n) is 5.90. The normalized spacial score (nSPS) is 49.2. The Morgan fingerprint density at radius 2 is 2.00 bits per heavy atom. The first-order valence-electron chi connectivity index (χ1n) is 3.36. The van der Waals surface area contributed by atoms with Crippen LogP contribution in [0.3, 0.4) is 0 Å². The number of nitrogens with two attached hydrogens (primary N) is 1. The minimum atomic E-state index is -0.844. The van der Waals surface area contributed by atoms with Gasteiger partial charge in [-0.1, -0.05) is 0 Å². The Labute approximate surface area is 59.6 Å². The minimum Gasteiger partial charge on any atom is -0.389 e. The van der Waals surface area contributed by atoms with Crippen molar-refractivity contribution in [2.45, 2.75) is 31.3 Å². The highest BCUT2D eigenvalue weighted by atomic mass is 16.5. The number of aliphatic hydroxyl groups is 2. The Morgan fingerprint density at radius 1 is 1.40 bits per heavy atom. The molecule has 4 atom stereocenters. The third kappa shape index (κ3) is 1.29. The van der Waals surface area contributed by atoms with Gasteiger partial charge in [0.15, 0.2) is 0 Å². The van der Waals surface area contributed by atoms with E-state index in [1.165, 1.54) is 0 Å². The average Bonchev–Trinajstić information content (AvgIpc) is 1.93. The van der Waals surface area contributed by atoms with Gasteiger partial charge in [0.05, 0.1) is 24.9 Å². The van der Waals surface area contributed by atoms with Crippen LogP contribution >= 0.6 is 0 Å². The maximum atomic E-state index is 9.16. The average molecular weight is 147 g/mol. The molecule has 0 aromatic heterocycles. The zero-order valence-corrected chi connectivity index (χ0v) is 5.90. The fourth-order valence-corrected chi connectivity index (χ4v) is 0.991. The summed E-state index contributed by atoms with van der Waals surface area (Å²) in [7, 11) is 0. The number of aliphatic hydroxyl groups excluding tert-OH is 2. The molecule has 0 spiro atoms. The Hall–Kier alpha value is -0.160. The second kappa shape index (κ2) is 2.84. The highest BCUT2D eigenvalue weighted by Crippen LogP contribution is 2.12. The molecule has 0 unspecified atom stereocenters. The van der Waals surface area contributed by atoms with E-state index >= 15 is 0 Å². The Balaban J connectivity index is 2.52. The van der Waals surface area contributed by atoms with Gasteiger partial charge in [0.25, 0.3) is 0 Å². The second-order valence-corrected chi connectivity index (χ2v) is 2.68. The molecule has 1 saturated heterocycles. The highest BCUT2D eigenvalue weighted by molar-refractivity contribution is 4.86. The summed E-state index contributed by atoms with van der Waals surface area (Å²) >= 11 is 0. The van der Waals surface area contributed by atoms with Crippen LogP contribution in [0, 0.1) is 0 Å². The van der Waals surface area contributed by atoms with Crippen LogP contribution in [0.1, 0.15) is 6.92 Å². The van der Waals surface area contributed by atoms with Crippen LogP contribution in [-0.2, 0) is 4.74 Å². The van der Waals surface area contributed by atoms with Gasteiger partial charge >= 0.3 is 0 Å². The summed E-state index contributed by atoms with van der Waals surface area (Å²) < 4.78 is 5.04. The molecule has 1 aliphatic rings. The van der Waals surface area contributed by atoms with Crippen molar-refractivity contribution in [3.63, 3.8) is 0 Å². The summed E-state index contributed by atoms with van der Waals surface area (Å²) in [5.74, 6) is 0. The molecule has 1 heterocycles. The Morgan fingerprint density at radius 3 is 2.50 bits per heavy atom. The molecule has 0 aromatic carbocycles. The lowest BCUT2D eigenvalue weighted by atomic mass is 10.0. The lowest BCUT2D eigenvalue weighted by Gasteiger charge is -2.33. The van der Waals surface area contributed by atoms with E-state index in [0.717, 1.165) is 0 Å². The van der Waals surface area contributed by atoms with Crippen LogP contribution < -0.4 is 5.73 Å². The molecule has 0 amide bonds. The van der Waals surface area contributed by atoms with E-state index in [1.807, 2.05) is 0 Å². The van der Waals surface area contributed by atoms with Crippen molar-refractivity contribution in [1.29, 1.82) is 0 Å². The summed E-state index contributed by atoms with van der Waals surface area (Å²) in [6, 6.07) is -0.453. The lowest BCUT2D eigenvalue weighted by Crippen LogP contribution is -2.55. The molecule has 60 valence electrons. The molecule has 0 aliphatic carbocycles. The first kappa shape index (κ1) is 7.94. The molecule has 4 N–H and O–H groups in total. The van der Waals surface area contributed by atoms with Crippen molar-refractivity contribution < 1.29 is 14.9 Å². The van der Waals surface area contributed by atoms with Crippen LogP contribution in [-0.4, -0.2) is 41.2 Å². The number of rotatable bonds is 0. The Kier molecular flexibility index (Phi) is 2.25. The van der Waals surface area contributed by atoms with Gasteiger partial charge in [0, 0.05) is 0 Å². The predicted molar refractivity (Wildman–Crippen MR) is 35.4 cm³/mol. The van der Waals surface area contributed by atoms with Crippen LogP contribution in [0.25, 0.3) is 0 Å². The van der Waals surface area contributed by atoms with Gasteiger partial charge in [0.1, 0.15) is 6.10 Å². The molecule has 1 aliphatic heterocycles. The van der Waals surface area contributed by atoms with E-state index in [0.29, 0.717) is 6.61 Å². The van der Waals surface area contributed by atoms with E-state index < -0.39 is 18.2 Å². The fourth-order valence-electron chi connectivity index (χ4n) is 0.991. The van der Waals surface area contributed by atoms with Gasteiger partial charge in [-0.25, -0.2) is 0 Å². The minimum absolute atomic E-state index is 0.310. The van der Waals surface area contributed by atoms with E-state index in [2.05, 4.69) is 0 Å². The topological polar surface area (TPSA) is 75.7 Å². The van der Waals surface area contributed by atoms with Crippen molar-refractivity contribution >= 4 is 0 Å². The summed E-state index contributed by atoms with van der Waals surface area (Å²) in [5, 5.41) is 18.3. The first-order chi connectivity index (χ1) is 4.63. The quantitative estimate of drug-likeness (QED) is 0.388. The molecule has 4 nitrogen and oxygen atoms in total. The van der Waals surface area contributed by atoms with Crippen LogP contribution in [0.4, 0.5) is 0 Å². The SMILES string of the molecule is C[C@H]1OC[C@@H](N)[C@@H](O)[C@H]1O.